The van der Waals surface area contributed by atoms with Gasteiger partial charge in [0.05, 0.1) is 7.11 Å². The van der Waals surface area contributed by atoms with Crippen molar-refractivity contribution in [1.82, 2.24) is 15.2 Å². The normalized spacial score (nSPS) is 18.5. The number of carbonyl (C=O) groups excluding carboxylic acids is 1. The van der Waals surface area contributed by atoms with E-state index in [2.05, 4.69) is 46.4 Å². The molecule has 0 saturated carbocycles. The molecule has 0 spiro atoms. The van der Waals surface area contributed by atoms with Crippen LogP contribution in [0.4, 0.5) is 0 Å². The first kappa shape index (κ1) is 16.7. The van der Waals surface area contributed by atoms with Crippen LogP contribution < -0.4 is 5.32 Å². The van der Waals surface area contributed by atoms with Crippen molar-refractivity contribution < 1.29 is 9.53 Å². The minimum absolute atomic E-state index is 0.326. The lowest BCUT2D eigenvalue weighted by Gasteiger charge is -2.36. The van der Waals surface area contributed by atoms with Gasteiger partial charge in [0.25, 0.3) is 0 Å². The molecule has 1 aromatic heterocycles. The Bertz CT molecular complexity index is 678. The Morgan fingerprint density at radius 3 is 2.79 bits per heavy atom. The molecular formula is C19H25N3O2. The van der Waals surface area contributed by atoms with Gasteiger partial charge in [0.15, 0.2) is 0 Å². The zero-order chi connectivity index (χ0) is 16.9. The van der Waals surface area contributed by atoms with Crippen molar-refractivity contribution in [1.29, 1.82) is 0 Å². The monoisotopic (exact) mass is 327 g/mol. The average Bonchev–Trinajstić information content (AvgIpc) is 3.10. The molecule has 0 amide bonds. The summed E-state index contributed by atoms with van der Waals surface area (Å²) in [5, 5.41) is 3.49. The Kier molecular flexibility index (Phi) is 5.33. The van der Waals surface area contributed by atoms with Gasteiger partial charge in [-0.3, -0.25) is 4.90 Å². The topological polar surface area (TPSA) is 57.4 Å². The Hall–Kier alpha value is -2.11. The second kappa shape index (κ2) is 7.64. The van der Waals surface area contributed by atoms with E-state index in [0.29, 0.717) is 11.7 Å². The molecular weight excluding hydrogens is 302 g/mol. The van der Waals surface area contributed by atoms with Gasteiger partial charge in [-0.25, -0.2) is 4.79 Å². The largest absolute Gasteiger partial charge is 0.464 e. The number of esters is 1. The molecule has 0 bridgehead atoms. The number of aryl methyl sites for hydroxylation is 1. The number of benzene rings is 1. The first-order chi connectivity index (χ1) is 11.7. The molecule has 1 fully saturated rings. The summed E-state index contributed by atoms with van der Waals surface area (Å²) in [5.74, 6) is -0.326. The number of methoxy groups -OCH3 is 1. The molecule has 0 radical (unpaired) electrons. The van der Waals surface area contributed by atoms with E-state index in [4.69, 9.17) is 4.74 Å². The number of hydrogen-bond acceptors (Lipinski definition) is 4. The highest BCUT2D eigenvalue weighted by Crippen LogP contribution is 2.25. The van der Waals surface area contributed by atoms with Crippen LogP contribution in [0.15, 0.2) is 36.5 Å². The van der Waals surface area contributed by atoms with Gasteiger partial charge in [0.2, 0.25) is 0 Å². The van der Waals surface area contributed by atoms with Gasteiger partial charge in [-0.2, -0.15) is 0 Å². The molecule has 5 heteroatoms. The summed E-state index contributed by atoms with van der Waals surface area (Å²) in [6, 6.07) is 11.1. The smallest absolute Gasteiger partial charge is 0.354 e. The first-order valence-corrected chi connectivity index (χ1v) is 8.50. The fraction of sp³-hybridized carbons (Fsp3) is 0.421. The first-order valence-electron chi connectivity index (χ1n) is 8.50. The van der Waals surface area contributed by atoms with Crippen LogP contribution in [0.5, 0.6) is 0 Å². The summed E-state index contributed by atoms with van der Waals surface area (Å²) in [7, 11) is 1.40. The molecule has 128 valence electrons. The quantitative estimate of drug-likeness (QED) is 0.829. The molecule has 1 aromatic carbocycles. The third kappa shape index (κ3) is 3.68. The standard InChI is InChI=1S/C19H25N3O2/c1-3-14-4-6-16(7-5-14)18-12-20-8-9-22(18)13-15-10-17(21-11-15)19(23)24-2/h4-7,10-11,18,20-21H,3,8-9,12-13H2,1-2H3. The summed E-state index contributed by atoms with van der Waals surface area (Å²) in [6.45, 7) is 5.90. The van der Waals surface area contributed by atoms with E-state index >= 15 is 0 Å². The Morgan fingerprint density at radius 1 is 1.29 bits per heavy atom. The van der Waals surface area contributed by atoms with Crippen molar-refractivity contribution in [3.8, 4) is 0 Å². The van der Waals surface area contributed by atoms with Crippen molar-refractivity contribution >= 4 is 5.97 Å². The predicted molar refractivity (Wildman–Crippen MR) is 94.0 cm³/mol. The SMILES string of the molecule is CCc1ccc(C2CNCCN2Cc2c[nH]c(C(=O)OC)c2)cc1. The molecule has 2 aromatic rings. The third-order valence-electron chi connectivity index (χ3n) is 4.66. The van der Waals surface area contributed by atoms with E-state index in [0.717, 1.165) is 38.2 Å². The van der Waals surface area contributed by atoms with Crippen molar-refractivity contribution in [3.05, 3.63) is 58.9 Å². The number of ether oxygens (including phenoxy) is 1. The Balaban J connectivity index is 1.74. The predicted octanol–water partition coefficient (Wildman–Crippen LogP) is 2.51. The van der Waals surface area contributed by atoms with Crippen LogP contribution in [0, 0.1) is 0 Å². The van der Waals surface area contributed by atoms with E-state index < -0.39 is 0 Å². The molecule has 1 aliphatic rings. The van der Waals surface area contributed by atoms with E-state index in [1.165, 1.54) is 18.2 Å². The van der Waals surface area contributed by atoms with Crippen molar-refractivity contribution in [2.45, 2.75) is 25.9 Å². The second-order valence-electron chi connectivity index (χ2n) is 6.20. The summed E-state index contributed by atoms with van der Waals surface area (Å²) in [4.78, 5) is 17.0. The van der Waals surface area contributed by atoms with Crippen LogP contribution >= 0.6 is 0 Å². The molecule has 1 saturated heterocycles. The maximum Gasteiger partial charge on any atom is 0.354 e. The number of aromatic amines is 1. The molecule has 1 unspecified atom stereocenters. The van der Waals surface area contributed by atoms with Crippen LogP contribution in [0.25, 0.3) is 0 Å². The highest BCUT2D eigenvalue weighted by atomic mass is 16.5. The van der Waals surface area contributed by atoms with Crippen molar-refractivity contribution in [2.24, 2.45) is 0 Å². The molecule has 3 rings (SSSR count). The number of nitrogens with zero attached hydrogens (tertiary/aromatic N) is 1. The Labute approximate surface area is 143 Å². The Morgan fingerprint density at radius 2 is 2.08 bits per heavy atom. The molecule has 2 N–H and O–H groups in total. The minimum atomic E-state index is -0.326. The zero-order valence-electron chi connectivity index (χ0n) is 14.3. The lowest BCUT2D eigenvalue weighted by Crippen LogP contribution is -2.45. The zero-order valence-corrected chi connectivity index (χ0v) is 14.3. The van der Waals surface area contributed by atoms with Crippen LogP contribution in [0.1, 0.15) is 40.1 Å². The van der Waals surface area contributed by atoms with Crippen molar-refractivity contribution in [2.75, 3.05) is 26.7 Å². The van der Waals surface area contributed by atoms with Crippen LogP contribution in [-0.2, 0) is 17.7 Å². The third-order valence-corrected chi connectivity index (χ3v) is 4.66. The summed E-state index contributed by atoms with van der Waals surface area (Å²) >= 11 is 0. The molecule has 1 aliphatic heterocycles. The lowest BCUT2D eigenvalue weighted by molar-refractivity contribution is 0.0594. The highest BCUT2D eigenvalue weighted by Gasteiger charge is 2.24. The van der Waals surface area contributed by atoms with Crippen LogP contribution in [0.2, 0.25) is 0 Å². The molecule has 5 nitrogen and oxygen atoms in total. The minimum Gasteiger partial charge on any atom is -0.464 e. The molecule has 0 aliphatic carbocycles. The van der Waals surface area contributed by atoms with Crippen LogP contribution in [0.3, 0.4) is 0 Å². The summed E-state index contributed by atoms with van der Waals surface area (Å²) in [5.41, 5.74) is 4.31. The van der Waals surface area contributed by atoms with Gasteiger partial charge >= 0.3 is 5.97 Å². The summed E-state index contributed by atoms with van der Waals surface area (Å²) < 4.78 is 4.76. The number of rotatable bonds is 5. The number of nitrogens with one attached hydrogen (secondary N) is 2. The maximum atomic E-state index is 11.6. The van der Waals surface area contributed by atoms with E-state index in [1.54, 1.807) is 0 Å². The average molecular weight is 327 g/mol. The lowest BCUT2D eigenvalue weighted by atomic mass is 10.0. The molecule has 2 heterocycles. The number of piperazine rings is 1. The fourth-order valence-corrected chi connectivity index (χ4v) is 3.23. The second-order valence-corrected chi connectivity index (χ2v) is 6.20. The van der Waals surface area contributed by atoms with Gasteiger partial charge in [0.1, 0.15) is 5.69 Å². The molecule has 24 heavy (non-hydrogen) atoms. The molecule has 1 atom stereocenters. The number of carbonyl (C=O) groups is 1. The van der Waals surface area contributed by atoms with Gasteiger partial charge in [-0.1, -0.05) is 31.2 Å². The maximum absolute atomic E-state index is 11.6. The van der Waals surface area contributed by atoms with Crippen molar-refractivity contribution in [3.63, 3.8) is 0 Å². The van der Waals surface area contributed by atoms with E-state index in [9.17, 15) is 4.79 Å². The van der Waals surface area contributed by atoms with Crippen LogP contribution in [-0.4, -0.2) is 42.6 Å². The van der Waals surface area contributed by atoms with Gasteiger partial charge in [-0.05, 0) is 29.2 Å². The van der Waals surface area contributed by atoms with E-state index in [1.807, 2.05) is 12.3 Å². The fourth-order valence-electron chi connectivity index (χ4n) is 3.23. The van der Waals surface area contributed by atoms with Gasteiger partial charge < -0.3 is 15.0 Å². The number of aromatic nitrogens is 1. The number of hydrogen-bond donors (Lipinski definition) is 2. The van der Waals surface area contributed by atoms with Gasteiger partial charge in [0, 0.05) is 38.4 Å². The highest BCUT2D eigenvalue weighted by molar-refractivity contribution is 5.87. The summed E-state index contributed by atoms with van der Waals surface area (Å²) in [6.07, 6.45) is 2.96. The van der Waals surface area contributed by atoms with Gasteiger partial charge in [-0.15, -0.1) is 0 Å². The number of H-pyrrole nitrogens is 1. The van der Waals surface area contributed by atoms with E-state index in [-0.39, 0.29) is 5.97 Å².